The van der Waals surface area contributed by atoms with Gasteiger partial charge in [0.2, 0.25) is 0 Å². The maximum absolute atomic E-state index is 5.54. The Balaban J connectivity index is 2.53. The second kappa shape index (κ2) is 3.02. The number of nitrogens with zero attached hydrogens (tertiary/aromatic N) is 2. The van der Waals surface area contributed by atoms with Crippen LogP contribution in [0.4, 0.5) is 11.6 Å². The fourth-order valence-electron chi connectivity index (χ4n) is 1.00. The van der Waals surface area contributed by atoms with Gasteiger partial charge in [-0.2, -0.15) is 0 Å². The van der Waals surface area contributed by atoms with E-state index in [9.17, 15) is 0 Å². The SMILES string of the molecule is Nc1cc(N)nc(-c2cccs2)n1. The number of nitrogen functional groups attached to an aromatic ring is 2. The van der Waals surface area contributed by atoms with Crippen LogP contribution in [0, 0.1) is 0 Å². The molecule has 0 amide bonds. The fraction of sp³-hybridized carbons (Fsp3) is 0. The van der Waals surface area contributed by atoms with Crippen molar-refractivity contribution in [2.24, 2.45) is 0 Å². The molecular formula is C8H8N4S. The highest BCUT2D eigenvalue weighted by Crippen LogP contribution is 2.22. The normalized spacial score (nSPS) is 10.2. The molecule has 5 heteroatoms. The van der Waals surface area contributed by atoms with E-state index in [4.69, 9.17) is 11.5 Å². The molecule has 13 heavy (non-hydrogen) atoms. The summed E-state index contributed by atoms with van der Waals surface area (Å²) in [6, 6.07) is 5.40. The largest absolute Gasteiger partial charge is 0.384 e. The van der Waals surface area contributed by atoms with Gasteiger partial charge in [-0.1, -0.05) is 6.07 Å². The molecule has 4 nitrogen and oxygen atoms in total. The third-order valence-corrected chi connectivity index (χ3v) is 2.37. The molecule has 2 aromatic heterocycles. The van der Waals surface area contributed by atoms with Crippen LogP contribution in [0.5, 0.6) is 0 Å². The van der Waals surface area contributed by atoms with E-state index in [0.717, 1.165) is 4.88 Å². The lowest BCUT2D eigenvalue weighted by molar-refractivity contribution is 1.20. The number of nitrogens with two attached hydrogens (primary N) is 2. The summed E-state index contributed by atoms with van der Waals surface area (Å²) in [5, 5.41) is 1.96. The molecular weight excluding hydrogens is 184 g/mol. The summed E-state index contributed by atoms with van der Waals surface area (Å²) in [7, 11) is 0. The maximum Gasteiger partial charge on any atom is 0.173 e. The van der Waals surface area contributed by atoms with Crippen molar-refractivity contribution in [3.05, 3.63) is 23.6 Å². The van der Waals surface area contributed by atoms with E-state index in [1.165, 1.54) is 6.07 Å². The van der Waals surface area contributed by atoms with Gasteiger partial charge in [-0.3, -0.25) is 0 Å². The quantitative estimate of drug-likeness (QED) is 0.715. The maximum atomic E-state index is 5.54. The Morgan fingerprint density at radius 3 is 2.38 bits per heavy atom. The van der Waals surface area contributed by atoms with Gasteiger partial charge in [-0.25, -0.2) is 9.97 Å². The lowest BCUT2D eigenvalue weighted by Crippen LogP contribution is -1.98. The number of hydrogen-bond donors (Lipinski definition) is 2. The summed E-state index contributed by atoms with van der Waals surface area (Å²) in [6.07, 6.45) is 0. The smallest absolute Gasteiger partial charge is 0.173 e. The molecule has 0 fully saturated rings. The molecule has 66 valence electrons. The molecule has 0 aliphatic rings. The molecule has 0 unspecified atom stereocenters. The molecule has 4 N–H and O–H groups in total. The van der Waals surface area contributed by atoms with E-state index in [2.05, 4.69) is 9.97 Å². The minimum Gasteiger partial charge on any atom is -0.384 e. The van der Waals surface area contributed by atoms with Crippen LogP contribution in [0.1, 0.15) is 0 Å². The van der Waals surface area contributed by atoms with E-state index >= 15 is 0 Å². The lowest BCUT2D eigenvalue weighted by atomic mass is 10.4. The third-order valence-electron chi connectivity index (χ3n) is 1.51. The first-order valence-corrected chi connectivity index (χ1v) is 4.57. The van der Waals surface area contributed by atoms with Crippen molar-refractivity contribution in [2.75, 3.05) is 11.5 Å². The van der Waals surface area contributed by atoms with Crippen LogP contribution in [-0.4, -0.2) is 9.97 Å². The predicted molar refractivity (Wildman–Crippen MR) is 54.2 cm³/mol. The van der Waals surface area contributed by atoms with Gasteiger partial charge in [0, 0.05) is 6.07 Å². The summed E-state index contributed by atoms with van der Waals surface area (Å²) in [6.45, 7) is 0. The fourth-order valence-corrected chi connectivity index (χ4v) is 1.66. The molecule has 0 spiro atoms. The van der Waals surface area contributed by atoms with Gasteiger partial charge in [0.1, 0.15) is 11.6 Å². The first-order chi connectivity index (χ1) is 6.25. The summed E-state index contributed by atoms with van der Waals surface area (Å²) in [5.74, 6) is 1.39. The second-order valence-electron chi connectivity index (χ2n) is 2.52. The van der Waals surface area contributed by atoms with E-state index in [0.29, 0.717) is 17.5 Å². The minimum atomic E-state index is 0.399. The van der Waals surface area contributed by atoms with Crippen molar-refractivity contribution in [3.8, 4) is 10.7 Å². The number of aromatic nitrogens is 2. The van der Waals surface area contributed by atoms with Crippen LogP contribution < -0.4 is 11.5 Å². The third kappa shape index (κ3) is 1.59. The summed E-state index contributed by atoms with van der Waals surface area (Å²) in [4.78, 5) is 9.12. The lowest BCUT2D eigenvalue weighted by Gasteiger charge is -1.99. The van der Waals surface area contributed by atoms with Crippen LogP contribution in [0.25, 0.3) is 10.7 Å². The zero-order valence-electron chi connectivity index (χ0n) is 6.77. The summed E-state index contributed by atoms with van der Waals surface area (Å²) < 4.78 is 0. The highest BCUT2D eigenvalue weighted by molar-refractivity contribution is 7.13. The summed E-state index contributed by atoms with van der Waals surface area (Å²) in [5.41, 5.74) is 11.1. The standard InChI is InChI=1S/C8H8N4S/c9-6-4-7(10)12-8(11-6)5-2-1-3-13-5/h1-4H,(H4,9,10,11,12). The Morgan fingerprint density at radius 2 is 1.85 bits per heavy atom. The number of thiophene rings is 1. The Bertz CT molecular complexity index is 390. The van der Waals surface area contributed by atoms with Crippen LogP contribution >= 0.6 is 11.3 Å². The van der Waals surface area contributed by atoms with Gasteiger partial charge < -0.3 is 11.5 Å². The van der Waals surface area contributed by atoms with E-state index in [1.54, 1.807) is 11.3 Å². The molecule has 2 heterocycles. The number of anilines is 2. The van der Waals surface area contributed by atoms with Crippen molar-refractivity contribution >= 4 is 23.0 Å². The van der Waals surface area contributed by atoms with E-state index in [-0.39, 0.29) is 0 Å². The van der Waals surface area contributed by atoms with Crippen molar-refractivity contribution < 1.29 is 0 Å². The van der Waals surface area contributed by atoms with Crippen molar-refractivity contribution in [1.29, 1.82) is 0 Å². The monoisotopic (exact) mass is 192 g/mol. The first kappa shape index (κ1) is 8.00. The highest BCUT2D eigenvalue weighted by atomic mass is 32.1. The van der Waals surface area contributed by atoms with Gasteiger partial charge in [-0.15, -0.1) is 11.3 Å². The van der Waals surface area contributed by atoms with Crippen molar-refractivity contribution in [3.63, 3.8) is 0 Å². The highest BCUT2D eigenvalue weighted by Gasteiger charge is 2.03. The van der Waals surface area contributed by atoms with Crippen LogP contribution in [0.3, 0.4) is 0 Å². The predicted octanol–water partition coefficient (Wildman–Crippen LogP) is 1.37. The van der Waals surface area contributed by atoms with Crippen molar-refractivity contribution in [1.82, 2.24) is 9.97 Å². The molecule has 0 saturated heterocycles. The molecule has 2 aromatic rings. The Morgan fingerprint density at radius 1 is 1.15 bits per heavy atom. The Kier molecular flexibility index (Phi) is 1.86. The van der Waals surface area contributed by atoms with Gasteiger partial charge in [-0.05, 0) is 11.4 Å². The first-order valence-electron chi connectivity index (χ1n) is 3.69. The molecule has 0 radical (unpaired) electrons. The average Bonchev–Trinajstić information content (AvgIpc) is 2.53. The second-order valence-corrected chi connectivity index (χ2v) is 3.47. The molecule has 0 aliphatic carbocycles. The van der Waals surface area contributed by atoms with Gasteiger partial charge in [0.15, 0.2) is 5.82 Å². The molecule has 0 atom stereocenters. The number of hydrogen-bond acceptors (Lipinski definition) is 5. The van der Waals surface area contributed by atoms with Gasteiger partial charge in [0.25, 0.3) is 0 Å². The zero-order chi connectivity index (χ0) is 9.26. The minimum absolute atomic E-state index is 0.399. The van der Waals surface area contributed by atoms with Gasteiger partial charge in [0.05, 0.1) is 4.88 Å². The van der Waals surface area contributed by atoms with Crippen LogP contribution in [-0.2, 0) is 0 Å². The Labute approximate surface area is 79.2 Å². The molecule has 0 saturated carbocycles. The van der Waals surface area contributed by atoms with Crippen LogP contribution in [0.15, 0.2) is 23.6 Å². The molecule has 2 rings (SSSR count). The topological polar surface area (TPSA) is 77.8 Å². The molecule has 0 aliphatic heterocycles. The molecule has 0 bridgehead atoms. The van der Waals surface area contributed by atoms with Gasteiger partial charge >= 0.3 is 0 Å². The summed E-state index contributed by atoms with van der Waals surface area (Å²) >= 11 is 1.56. The zero-order valence-corrected chi connectivity index (χ0v) is 7.58. The average molecular weight is 192 g/mol. The molecule has 0 aromatic carbocycles. The van der Waals surface area contributed by atoms with Crippen molar-refractivity contribution in [2.45, 2.75) is 0 Å². The van der Waals surface area contributed by atoms with Crippen LogP contribution in [0.2, 0.25) is 0 Å². The Hall–Kier alpha value is -1.62. The van der Waals surface area contributed by atoms with E-state index in [1.807, 2.05) is 17.5 Å². The number of rotatable bonds is 1. The van der Waals surface area contributed by atoms with E-state index < -0.39 is 0 Å².